The van der Waals surface area contributed by atoms with Crippen molar-refractivity contribution in [3.05, 3.63) is 57.9 Å². The van der Waals surface area contributed by atoms with Crippen molar-refractivity contribution in [1.29, 1.82) is 0 Å². The number of nitrogens with zero attached hydrogens (tertiary/aromatic N) is 1. The zero-order valence-corrected chi connectivity index (χ0v) is 13.8. The highest BCUT2D eigenvalue weighted by Gasteiger charge is 2.27. The van der Waals surface area contributed by atoms with E-state index < -0.39 is 34.9 Å². The van der Waals surface area contributed by atoms with Crippen molar-refractivity contribution in [3.8, 4) is 11.5 Å². The molecule has 1 heterocycles. The van der Waals surface area contributed by atoms with Gasteiger partial charge in [0.2, 0.25) is 0 Å². The number of rotatable bonds is 5. The summed E-state index contributed by atoms with van der Waals surface area (Å²) < 4.78 is 28.8. The van der Waals surface area contributed by atoms with Crippen LogP contribution in [0.5, 0.6) is 11.5 Å². The molecule has 0 aliphatic carbocycles. The van der Waals surface area contributed by atoms with E-state index in [4.69, 9.17) is 14.2 Å². The lowest BCUT2D eigenvalue weighted by Gasteiger charge is -2.18. The van der Waals surface area contributed by atoms with E-state index in [2.05, 4.69) is 5.32 Å². The number of halogens is 1. The average molecular weight is 376 g/mol. The molecule has 27 heavy (non-hydrogen) atoms. The first kappa shape index (κ1) is 18.1. The predicted molar refractivity (Wildman–Crippen MR) is 89.4 cm³/mol. The number of anilines is 1. The number of nitrogens with one attached hydrogen (secondary N) is 1. The molecule has 0 aromatic heterocycles. The third-order valence-corrected chi connectivity index (χ3v) is 3.56. The van der Waals surface area contributed by atoms with E-state index >= 15 is 0 Å². The second-order valence-corrected chi connectivity index (χ2v) is 5.37. The number of amides is 1. The topological polar surface area (TPSA) is 117 Å². The summed E-state index contributed by atoms with van der Waals surface area (Å²) >= 11 is 0. The lowest BCUT2D eigenvalue weighted by atomic mass is 10.1. The summed E-state index contributed by atoms with van der Waals surface area (Å²) in [6, 6.07) is 7.64. The molecule has 0 spiro atoms. The number of benzene rings is 2. The molecular formula is C17H13FN2O7. The molecule has 1 N–H and O–H groups in total. The number of hydrogen-bond acceptors (Lipinski definition) is 7. The van der Waals surface area contributed by atoms with Crippen molar-refractivity contribution in [2.24, 2.45) is 0 Å². The van der Waals surface area contributed by atoms with Gasteiger partial charge in [-0.3, -0.25) is 14.9 Å². The van der Waals surface area contributed by atoms with Gasteiger partial charge >= 0.3 is 5.97 Å². The molecule has 0 saturated carbocycles. The molecule has 9 nitrogen and oxygen atoms in total. The van der Waals surface area contributed by atoms with Crippen LogP contribution in [-0.2, 0) is 9.53 Å². The largest absolute Gasteiger partial charge is 0.486 e. The number of para-hydroxylation sites is 1. The van der Waals surface area contributed by atoms with Crippen molar-refractivity contribution in [2.75, 3.05) is 25.1 Å². The summed E-state index contributed by atoms with van der Waals surface area (Å²) in [6.45, 7) is -0.298. The highest BCUT2D eigenvalue weighted by Crippen LogP contribution is 2.36. The second-order valence-electron chi connectivity index (χ2n) is 5.37. The summed E-state index contributed by atoms with van der Waals surface area (Å²) in [5.74, 6) is -2.24. The van der Waals surface area contributed by atoms with Gasteiger partial charge in [-0.2, -0.15) is 0 Å². The van der Waals surface area contributed by atoms with Crippen molar-refractivity contribution < 1.29 is 33.1 Å². The normalized spacial score (nSPS) is 12.2. The first-order valence-electron chi connectivity index (χ1n) is 7.75. The Balaban J connectivity index is 1.71. The Bertz CT molecular complexity index is 916. The van der Waals surface area contributed by atoms with Gasteiger partial charge < -0.3 is 19.5 Å². The Morgan fingerprint density at radius 2 is 1.85 bits per heavy atom. The number of ether oxygens (including phenoxy) is 3. The Morgan fingerprint density at radius 1 is 1.19 bits per heavy atom. The number of carbonyl (C=O) groups is 2. The van der Waals surface area contributed by atoms with Crippen molar-refractivity contribution >= 4 is 23.3 Å². The summed E-state index contributed by atoms with van der Waals surface area (Å²) in [4.78, 5) is 34.5. The molecule has 1 aliphatic rings. The minimum absolute atomic E-state index is 0.0798. The standard InChI is InChI=1S/C17H13FN2O7/c18-11-3-1-2-4-12(11)19-16(21)9-27-17(22)10-7-14-15(26-6-5-25-14)8-13(10)20(23)24/h1-4,7-8H,5-6,9H2,(H,19,21). The van der Waals surface area contributed by atoms with Gasteiger partial charge in [-0.1, -0.05) is 12.1 Å². The van der Waals surface area contributed by atoms with Crippen LogP contribution in [0.3, 0.4) is 0 Å². The molecule has 0 saturated heterocycles. The van der Waals surface area contributed by atoms with Crippen molar-refractivity contribution in [2.45, 2.75) is 0 Å². The molecule has 0 atom stereocenters. The molecule has 2 aromatic carbocycles. The van der Waals surface area contributed by atoms with Gasteiger partial charge in [0.1, 0.15) is 24.6 Å². The number of nitro groups is 1. The highest BCUT2D eigenvalue weighted by molar-refractivity contribution is 5.98. The molecule has 1 aliphatic heterocycles. The van der Waals surface area contributed by atoms with Gasteiger partial charge in [0, 0.05) is 6.07 Å². The maximum Gasteiger partial charge on any atom is 0.345 e. The third kappa shape index (κ3) is 4.11. The van der Waals surface area contributed by atoms with E-state index in [1.165, 1.54) is 18.2 Å². The van der Waals surface area contributed by atoms with Crippen LogP contribution < -0.4 is 14.8 Å². The number of carbonyl (C=O) groups excluding carboxylic acids is 2. The van der Waals surface area contributed by atoms with Gasteiger partial charge in [0.15, 0.2) is 18.1 Å². The van der Waals surface area contributed by atoms with Crippen LogP contribution in [0.1, 0.15) is 10.4 Å². The number of esters is 1. The van der Waals surface area contributed by atoms with Gasteiger partial charge in [0.25, 0.3) is 11.6 Å². The summed E-state index contributed by atoms with van der Waals surface area (Å²) in [5, 5.41) is 13.4. The molecule has 140 valence electrons. The number of fused-ring (bicyclic) bond motifs is 1. The fourth-order valence-electron chi connectivity index (χ4n) is 2.35. The van der Waals surface area contributed by atoms with E-state index in [1.807, 2.05) is 0 Å². The fourth-order valence-corrected chi connectivity index (χ4v) is 2.35. The van der Waals surface area contributed by atoms with Crippen LogP contribution >= 0.6 is 0 Å². The van der Waals surface area contributed by atoms with Gasteiger partial charge in [-0.25, -0.2) is 9.18 Å². The molecule has 0 unspecified atom stereocenters. The molecular weight excluding hydrogens is 363 g/mol. The minimum atomic E-state index is -1.10. The van der Waals surface area contributed by atoms with E-state index in [0.717, 1.165) is 18.2 Å². The summed E-state index contributed by atoms with van der Waals surface area (Å²) in [7, 11) is 0. The maximum absolute atomic E-state index is 13.5. The van der Waals surface area contributed by atoms with E-state index in [-0.39, 0.29) is 36.0 Å². The predicted octanol–water partition coefficient (Wildman–Crippen LogP) is 2.30. The fraction of sp³-hybridized carbons (Fsp3) is 0.176. The lowest BCUT2D eigenvalue weighted by Crippen LogP contribution is -2.22. The first-order chi connectivity index (χ1) is 13.0. The number of nitro benzene ring substituents is 1. The monoisotopic (exact) mass is 376 g/mol. The van der Waals surface area contributed by atoms with Crippen LogP contribution in [-0.4, -0.2) is 36.6 Å². The summed E-state index contributed by atoms with van der Waals surface area (Å²) in [6.07, 6.45) is 0. The van der Waals surface area contributed by atoms with Gasteiger partial charge in [-0.05, 0) is 12.1 Å². The molecule has 0 bridgehead atoms. The second kappa shape index (κ2) is 7.68. The Kier molecular flexibility index (Phi) is 5.15. The quantitative estimate of drug-likeness (QED) is 0.483. The van der Waals surface area contributed by atoms with Crippen LogP contribution in [0.15, 0.2) is 36.4 Å². The highest BCUT2D eigenvalue weighted by atomic mass is 19.1. The smallest absolute Gasteiger partial charge is 0.345 e. The first-order valence-corrected chi connectivity index (χ1v) is 7.75. The Labute approximate surface area is 151 Å². The SMILES string of the molecule is O=C(COC(=O)c1cc2c(cc1[N+](=O)[O-])OCCO2)Nc1ccccc1F. The molecule has 0 radical (unpaired) electrons. The van der Waals surface area contributed by atoms with Gasteiger partial charge in [0.05, 0.1) is 16.7 Å². The molecule has 10 heteroatoms. The van der Waals surface area contributed by atoms with Crippen LogP contribution in [0.4, 0.5) is 15.8 Å². The third-order valence-electron chi connectivity index (χ3n) is 3.56. The van der Waals surface area contributed by atoms with Gasteiger partial charge in [-0.15, -0.1) is 0 Å². The summed E-state index contributed by atoms with van der Waals surface area (Å²) in [5.41, 5.74) is -1.01. The number of hydrogen-bond donors (Lipinski definition) is 1. The van der Waals surface area contributed by atoms with Crippen molar-refractivity contribution in [1.82, 2.24) is 0 Å². The molecule has 0 fully saturated rings. The van der Waals surface area contributed by atoms with Crippen LogP contribution in [0.25, 0.3) is 0 Å². The van der Waals surface area contributed by atoms with Crippen molar-refractivity contribution in [3.63, 3.8) is 0 Å². The van der Waals surface area contributed by atoms with E-state index in [0.29, 0.717) is 0 Å². The molecule has 1 amide bonds. The van der Waals surface area contributed by atoms with Crippen LogP contribution in [0.2, 0.25) is 0 Å². The lowest BCUT2D eigenvalue weighted by molar-refractivity contribution is -0.385. The van der Waals surface area contributed by atoms with E-state index in [1.54, 1.807) is 0 Å². The Hall–Kier alpha value is -3.69. The van der Waals surface area contributed by atoms with Crippen LogP contribution in [0, 0.1) is 15.9 Å². The molecule has 2 aromatic rings. The zero-order valence-electron chi connectivity index (χ0n) is 13.8. The Morgan fingerprint density at radius 3 is 2.52 bits per heavy atom. The minimum Gasteiger partial charge on any atom is -0.486 e. The van der Waals surface area contributed by atoms with E-state index in [9.17, 15) is 24.1 Å². The average Bonchev–Trinajstić information content (AvgIpc) is 2.66. The zero-order chi connectivity index (χ0) is 19.4. The maximum atomic E-state index is 13.5. The molecule has 3 rings (SSSR count).